The molecule has 2 aromatic carbocycles. The van der Waals surface area contributed by atoms with Crippen LogP contribution in [0.1, 0.15) is 18.5 Å². The maximum absolute atomic E-state index is 13.6. The molecule has 0 heterocycles. The Hall–Kier alpha value is -1.24. The van der Waals surface area contributed by atoms with Gasteiger partial charge in [0.05, 0.1) is 4.90 Å². The first-order valence-corrected chi connectivity index (χ1v) is 8.20. The van der Waals surface area contributed by atoms with Crippen molar-refractivity contribution in [1.29, 1.82) is 0 Å². The molecule has 0 aromatic heterocycles. The third-order valence-corrected chi connectivity index (χ3v) is 4.91. The lowest BCUT2D eigenvalue weighted by atomic mass is 10.1. The second-order valence-electron chi connectivity index (χ2n) is 4.32. The summed E-state index contributed by atoms with van der Waals surface area (Å²) < 4.78 is 41.3. The average Bonchev–Trinajstić information content (AvgIpc) is 2.39. The van der Waals surface area contributed by atoms with Gasteiger partial charge in [-0.15, -0.1) is 0 Å². The molecule has 0 bridgehead atoms. The van der Waals surface area contributed by atoms with Crippen molar-refractivity contribution in [2.24, 2.45) is 0 Å². The van der Waals surface area contributed by atoms with E-state index in [1.165, 1.54) is 18.2 Å². The van der Waals surface area contributed by atoms with Gasteiger partial charge >= 0.3 is 0 Å². The van der Waals surface area contributed by atoms with E-state index in [2.05, 4.69) is 20.7 Å². The van der Waals surface area contributed by atoms with Crippen LogP contribution in [0.15, 0.2) is 57.9 Å². The average molecular weight is 358 g/mol. The van der Waals surface area contributed by atoms with E-state index in [1.807, 2.05) is 0 Å². The highest BCUT2D eigenvalue weighted by molar-refractivity contribution is 9.10. The van der Waals surface area contributed by atoms with E-state index in [4.69, 9.17) is 0 Å². The van der Waals surface area contributed by atoms with Crippen molar-refractivity contribution in [3.8, 4) is 0 Å². The number of hydrogen-bond acceptors (Lipinski definition) is 2. The van der Waals surface area contributed by atoms with Crippen LogP contribution < -0.4 is 4.72 Å². The number of benzene rings is 2. The number of rotatable bonds is 4. The molecule has 2 rings (SSSR count). The lowest BCUT2D eigenvalue weighted by Crippen LogP contribution is -2.27. The highest BCUT2D eigenvalue weighted by Gasteiger charge is 2.19. The quantitative estimate of drug-likeness (QED) is 0.907. The number of nitrogens with one attached hydrogen (secondary N) is 1. The Morgan fingerprint density at radius 3 is 2.30 bits per heavy atom. The summed E-state index contributed by atoms with van der Waals surface area (Å²) in [7, 11) is -3.68. The molecule has 6 heteroatoms. The molecule has 1 N–H and O–H groups in total. The van der Waals surface area contributed by atoms with E-state index in [9.17, 15) is 12.8 Å². The van der Waals surface area contributed by atoms with Gasteiger partial charge < -0.3 is 0 Å². The molecule has 0 fully saturated rings. The van der Waals surface area contributed by atoms with Crippen molar-refractivity contribution in [3.05, 3.63) is 64.4 Å². The van der Waals surface area contributed by atoms with Crippen LogP contribution in [0.4, 0.5) is 4.39 Å². The van der Waals surface area contributed by atoms with Gasteiger partial charge in [0, 0.05) is 16.1 Å². The Labute approximate surface area is 126 Å². The van der Waals surface area contributed by atoms with Crippen molar-refractivity contribution < 1.29 is 12.8 Å². The molecule has 0 radical (unpaired) electrons. The van der Waals surface area contributed by atoms with Gasteiger partial charge in [0.1, 0.15) is 5.82 Å². The lowest BCUT2D eigenvalue weighted by Gasteiger charge is -2.15. The number of sulfonamides is 1. The standard InChI is InChI=1S/C14H13BrFNO2S/c1-10(13-4-2-3-5-14(13)16)17-20(18,19)12-8-6-11(15)7-9-12/h2-10,17H,1H3/t10-/m1/s1. The number of halogens is 2. The predicted octanol–water partition coefficient (Wildman–Crippen LogP) is 3.63. The zero-order valence-electron chi connectivity index (χ0n) is 10.7. The van der Waals surface area contributed by atoms with Crippen LogP contribution in [0.2, 0.25) is 0 Å². The van der Waals surface area contributed by atoms with Gasteiger partial charge in [-0.25, -0.2) is 17.5 Å². The smallest absolute Gasteiger partial charge is 0.207 e. The molecule has 0 saturated heterocycles. The predicted molar refractivity (Wildman–Crippen MR) is 79.3 cm³/mol. The van der Waals surface area contributed by atoms with E-state index in [0.29, 0.717) is 5.56 Å². The topological polar surface area (TPSA) is 46.2 Å². The summed E-state index contributed by atoms with van der Waals surface area (Å²) in [5.74, 6) is -0.432. The minimum absolute atomic E-state index is 0.142. The zero-order chi connectivity index (χ0) is 14.8. The molecule has 20 heavy (non-hydrogen) atoms. The Balaban J connectivity index is 2.24. The largest absolute Gasteiger partial charge is 0.241 e. The zero-order valence-corrected chi connectivity index (χ0v) is 13.1. The third kappa shape index (κ3) is 3.45. The summed E-state index contributed by atoms with van der Waals surface area (Å²) in [6.07, 6.45) is 0. The fraction of sp³-hybridized carbons (Fsp3) is 0.143. The van der Waals surface area contributed by atoms with Gasteiger partial charge in [-0.3, -0.25) is 0 Å². The van der Waals surface area contributed by atoms with Gasteiger partial charge in [0.25, 0.3) is 0 Å². The fourth-order valence-electron chi connectivity index (χ4n) is 1.80. The van der Waals surface area contributed by atoms with Crippen molar-refractivity contribution in [3.63, 3.8) is 0 Å². The van der Waals surface area contributed by atoms with Gasteiger partial charge in [-0.1, -0.05) is 34.1 Å². The monoisotopic (exact) mass is 357 g/mol. The first-order valence-electron chi connectivity index (χ1n) is 5.92. The van der Waals surface area contributed by atoms with Crippen LogP contribution in [0.25, 0.3) is 0 Å². The molecule has 0 aliphatic heterocycles. The van der Waals surface area contributed by atoms with Crippen molar-refractivity contribution >= 4 is 26.0 Å². The first kappa shape index (κ1) is 15.2. The molecule has 0 spiro atoms. The highest BCUT2D eigenvalue weighted by Crippen LogP contribution is 2.20. The second-order valence-corrected chi connectivity index (χ2v) is 6.95. The Kier molecular flexibility index (Phi) is 4.57. The molecule has 1 atom stereocenters. The molecule has 0 unspecified atom stereocenters. The normalized spacial score (nSPS) is 13.2. The van der Waals surface area contributed by atoms with E-state index in [0.717, 1.165) is 4.47 Å². The first-order chi connectivity index (χ1) is 9.40. The SMILES string of the molecule is C[C@@H](NS(=O)(=O)c1ccc(Br)cc1)c1ccccc1F. The third-order valence-electron chi connectivity index (χ3n) is 2.83. The Morgan fingerprint density at radius 1 is 1.10 bits per heavy atom. The van der Waals surface area contributed by atoms with Gasteiger partial charge in [0.2, 0.25) is 10.0 Å². The summed E-state index contributed by atoms with van der Waals surface area (Å²) in [5.41, 5.74) is 0.313. The lowest BCUT2D eigenvalue weighted by molar-refractivity contribution is 0.550. The maximum atomic E-state index is 13.6. The van der Waals surface area contributed by atoms with Crippen LogP contribution in [0, 0.1) is 5.82 Å². The summed E-state index contributed by atoms with van der Waals surface area (Å²) >= 11 is 3.24. The summed E-state index contributed by atoms with van der Waals surface area (Å²) in [4.78, 5) is 0.142. The summed E-state index contributed by atoms with van der Waals surface area (Å²) in [6.45, 7) is 1.61. The summed E-state index contributed by atoms with van der Waals surface area (Å²) in [6, 6.07) is 11.7. The Morgan fingerprint density at radius 2 is 1.70 bits per heavy atom. The fourth-order valence-corrected chi connectivity index (χ4v) is 3.29. The van der Waals surface area contributed by atoms with Crippen LogP contribution in [0.3, 0.4) is 0 Å². The van der Waals surface area contributed by atoms with Crippen molar-refractivity contribution in [2.75, 3.05) is 0 Å². The molecule has 3 nitrogen and oxygen atoms in total. The van der Waals surface area contributed by atoms with Crippen molar-refractivity contribution in [1.82, 2.24) is 4.72 Å². The van der Waals surface area contributed by atoms with Crippen molar-refractivity contribution in [2.45, 2.75) is 17.9 Å². The van der Waals surface area contributed by atoms with E-state index in [1.54, 1.807) is 37.3 Å². The van der Waals surface area contributed by atoms with Gasteiger partial charge in [-0.2, -0.15) is 0 Å². The van der Waals surface area contributed by atoms with E-state index >= 15 is 0 Å². The molecule has 0 amide bonds. The molecular formula is C14H13BrFNO2S. The molecule has 2 aromatic rings. The van der Waals surface area contributed by atoms with Crippen LogP contribution in [-0.4, -0.2) is 8.42 Å². The van der Waals surface area contributed by atoms with Crippen LogP contribution >= 0.6 is 15.9 Å². The van der Waals surface area contributed by atoms with E-state index in [-0.39, 0.29) is 4.90 Å². The Bertz CT molecular complexity index is 701. The molecule has 0 aliphatic carbocycles. The van der Waals surface area contributed by atoms with Gasteiger partial charge in [-0.05, 0) is 37.3 Å². The summed E-state index contributed by atoms with van der Waals surface area (Å²) in [5, 5.41) is 0. The second kappa shape index (κ2) is 6.03. The van der Waals surface area contributed by atoms with Crippen LogP contribution in [-0.2, 0) is 10.0 Å². The van der Waals surface area contributed by atoms with Gasteiger partial charge in [0.15, 0.2) is 0 Å². The minimum atomic E-state index is -3.68. The minimum Gasteiger partial charge on any atom is -0.207 e. The maximum Gasteiger partial charge on any atom is 0.241 e. The number of hydrogen-bond donors (Lipinski definition) is 1. The molecule has 106 valence electrons. The molecule has 0 aliphatic rings. The van der Waals surface area contributed by atoms with Crippen LogP contribution in [0.5, 0.6) is 0 Å². The molecular weight excluding hydrogens is 345 g/mol. The van der Waals surface area contributed by atoms with E-state index < -0.39 is 21.9 Å². The molecule has 0 saturated carbocycles. The highest BCUT2D eigenvalue weighted by atomic mass is 79.9.